The van der Waals surface area contributed by atoms with Crippen molar-refractivity contribution < 1.29 is 4.79 Å². The molecule has 27 heavy (non-hydrogen) atoms. The van der Waals surface area contributed by atoms with Crippen molar-refractivity contribution in [3.8, 4) is 11.1 Å². The molecule has 0 spiro atoms. The monoisotopic (exact) mass is 359 g/mol. The number of hydrogen-bond donors (Lipinski definition) is 1. The summed E-state index contributed by atoms with van der Waals surface area (Å²) in [5.74, 6) is 2.81. The number of nitrogens with one attached hydrogen (secondary N) is 1. The molecule has 2 heteroatoms. The highest BCUT2D eigenvalue weighted by Crippen LogP contribution is 2.61. The van der Waals surface area contributed by atoms with E-state index in [1.807, 2.05) is 36.4 Å². The quantitative estimate of drug-likeness (QED) is 0.746. The Morgan fingerprint density at radius 1 is 0.889 bits per heavy atom. The highest BCUT2D eigenvalue weighted by molar-refractivity contribution is 6.01. The van der Waals surface area contributed by atoms with E-state index in [-0.39, 0.29) is 11.9 Å². The molecule has 0 aromatic heterocycles. The van der Waals surface area contributed by atoms with Gasteiger partial charge >= 0.3 is 0 Å². The minimum atomic E-state index is 0.0812. The van der Waals surface area contributed by atoms with Gasteiger partial charge in [-0.1, -0.05) is 48.5 Å². The van der Waals surface area contributed by atoms with Crippen LogP contribution in [-0.2, 0) is 0 Å². The Kier molecular flexibility index (Phi) is 4.11. The van der Waals surface area contributed by atoms with Crippen LogP contribution in [0.3, 0.4) is 0 Å². The molecule has 0 aliphatic heterocycles. The van der Waals surface area contributed by atoms with Crippen molar-refractivity contribution in [1.29, 1.82) is 0 Å². The van der Waals surface area contributed by atoms with Crippen LogP contribution in [0.15, 0.2) is 54.6 Å². The summed E-state index contributed by atoms with van der Waals surface area (Å²) < 4.78 is 0. The molecule has 1 amide bonds. The minimum absolute atomic E-state index is 0.0812. The summed E-state index contributed by atoms with van der Waals surface area (Å²) in [6.45, 7) is 2.26. The first-order valence-electron chi connectivity index (χ1n) is 10.6. The number of carbonyl (C=O) groups is 1. The molecule has 4 aliphatic carbocycles. The second kappa shape index (κ2) is 6.51. The molecule has 0 saturated heterocycles. The van der Waals surface area contributed by atoms with Crippen LogP contribution in [0, 0.1) is 23.2 Å². The Morgan fingerprint density at radius 2 is 1.44 bits per heavy atom. The van der Waals surface area contributed by atoms with Gasteiger partial charge in [-0.25, -0.2) is 0 Å². The van der Waals surface area contributed by atoms with E-state index >= 15 is 0 Å². The predicted molar refractivity (Wildman–Crippen MR) is 109 cm³/mol. The van der Waals surface area contributed by atoms with Crippen molar-refractivity contribution in [2.45, 2.75) is 51.5 Å². The summed E-state index contributed by atoms with van der Waals surface area (Å²) in [4.78, 5) is 13.2. The molecule has 4 bridgehead atoms. The first-order valence-corrected chi connectivity index (χ1v) is 10.6. The van der Waals surface area contributed by atoms with Crippen LogP contribution in [-0.4, -0.2) is 11.9 Å². The largest absolute Gasteiger partial charge is 0.349 e. The smallest absolute Gasteiger partial charge is 0.252 e. The lowest BCUT2D eigenvalue weighted by Crippen LogP contribution is -2.55. The lowest BCUT2D eigenvalue weighted by molar-refractivity contribution is -0.0687. The zero-order chi connectivity index (χ0) is 18.4. The Hall–Kier alpha value is -2.09. The summed E-state index contributed by atoms with van der Waals surface area (Å²) in [7, 11) is 0. The van der Waals surface area contributed by atoms with E-state index < -0.39 is 0 Å². The van der Waals surface area contributed by atoms with Crippen LogP contribution in [0.25, 0.3) is 11.1 Å². The van der Waals surface area contributed by atoms with Crippen molar-refractivity contribution in [2.75, 3.05) is 0 Å². The number of amides is 1. The van der Waals surface area contributed by atoms with E-state index in [0.717, 1.165) is 34.4 Å². The van der Waals surface area contributed by atoms with Crippen molar-refractivity contribution in [3.63, 3.8) is 0 Å². The van der Waals surface area contributed by atoms with Gasteiger partial charge in [0, 0.05) is 11.6 Å². The van der Waals surface area contributed by atoms with Crippen molar-refractivity contribution in [3.05, 3.63) is 60.2 Å². The maximum absolute atomic E-state index is 13.2. The van der Waals surface area contributed by atoms with Gasteiger partial charge in [-0.2, -0.15) is 0 Å². The van der Waals surface area contributed by atoms with Gasteiger partial charge in [0.1, 0.15) is 0 Å². The van der Waals surface area contributed by atoms with Crippen LogP contribution in [0.1, 0.15) is 55.8 Å². The number of carbonyl (C=O) groups excluding carboxylic acids is 1. The van der Waals surface area contributed by atoms with Crippen LogP contribution in [0.2, 0.25) is 0 Å². The van der Waals surface area contributed by atoms with Gasteiger partial charge in [0.25, 0.3) is 5.91 Å². The number of hydrogen-bond acceptors (Lipinski definition) is 1. The van der Waals surface area contributed by atoms with Crippen molar-refractivity contribution in [1.82, 2.24) is 5.32 Å². The molecule has 4 fully saturated rings. The molecule has 140 valence electrons. The van der Waals surface area contributed by atoms with Crippen molar-refractivity contribution >= 4 is 5.91 Å². The van der Waals surface area contributed by atoms with E-state index in [2.05, 4.69) is 30.4 Å². The fraction of sp³-hybridized carbons (Fsp3) is 0.480. The Bertz CT molecular complexity index is 805. The van der Waals surface area contributed by atoms with Crippen LogP contribution >= 0.6 is 0 Å². The number of rotatable bonds is 4. The first-order chi connectivity index (χ1) is 13.1. The normalized spacial score (nSPS) is 32.3. The molecule has 2 nitrogen and oxygen atoms in total. The van der Waals surface area contributed by atoms with Gasteiger partial charge in [-0.05, 0) is 85.8 Å². The van der Waals surface area contributed by atoms with E-state index in [0.29, 0.717) is 5.41 Å². The van der Waals surface area contributed by atoms with Gasteiger partial charge in [-0.3, -0.25) is 4.79 Å². The Labute approximate surface area is 162 Å². The molecule has 1 N–H and O–H groups in total. The van der Waals surface area contributed by atoms with Crippen LogP contribution in [0.5, 0.6) is 0 Å². The molecule has 1 atom stereocenters. The standard InChI is InChI=1S/C25H29NO/c1-17(25-14-18-11-19(15-25)13-20(12-18)16-25)26-24(27)23-10-6-5-9-22(23)21-7-3-2-4-8-21/h2-10,17-20H,11-16H2,1H3,(H,26,27)/t17-,18?,19?,20?,25?/m0/s1. The zero-order valence-electron chi connectivity index (χ0n) is 16.2. The SMILES string of the molecule is C[C@H](NC(=O)c1ccccc1-c1ccccc1)C12CC3CC(CC(C3)C1)C2. The van der Waals surface area contributed by atoms with E-state index in [9.17, 15) is 4.79 Å². The highest BCUT2D eigenvalue weighted by atomic mass is 16.1. The maximum Gasteiger partial charge on any atom is 0.252 e. The van der Waals surface area contributed by atoms with Crippen LogP contribution in [0.4, 0.5) is 0 Å². The molecule has 4 aliphatic rings. The van der Waals surface area contributed by atoms with Gasteiger partial charge in [0.2, 0.25) is 0 Å². The molecule has 6 rings (SSSR count). The maximum atomic E-state index is 13.2. The second-order valence-electron chi connectivity index (χ2n) is 9.39. The number of benzene rings is 2. The van der Waals surface area contributed by atoms with Gasteiger partial charge in [0.05, 0.1) is 0 Å². The fourth-order valence-corrected chi connectivity index (χ4v) is 6.69. The van der Waals surface area contributed by atoms with Gasteiger partial charge in [0.15, 0.2) is 0 Å². The van der Waals surface area contributed by atoms with E-state index in [1.165, 1.54) is 38.5 Å². The third-order valence-electron chi connectivity index (χ3n) is 7.61. The van der Waals surface area contributed by atoms with Crippen molar-refractivity contribution in [2.24, 2.45) is 23.2 Å². The molecule has 0 radical (unpaired) electrons. The summed E-state index contributed by atoms with van der Waals surface area (Å²) in [5.41, 5.74) is 3.26. The highest BCUT2D eigenvalue weighted by Gasteiger charge is 2.53. The summed E-state index contributed by atoms with van der Waals surface area (Å²) >= 11 is 0. The van der Waals surface area contributed by atoms with E-state index in [1.54, 1.807) is 0 Å². The second-order valence-corrected chi connectivity index (χ2v) is 9.39. The summed E-state index contributed by atoms with van der Waals surface area (Å²) in [5, 5.41) is 3.42. The topological polar surface area (TPSA) is 29.1 Å². The average Bonchev–Trinajstić information content (AvgIpc) is 2.67. The summed E-state index contributed by atoms with van der Waals surface area (Å²) in [6, 6.07) is 18.5. The molecule has 2 aromatic rings. The van der Waals surface area contributed by atoms with E-state index in [4.69, 9.17) is 0 Å². The third kappa shape index (κ3) is 2.99. The minimum Gasteiger partial charge on any atom is -0.349 e. The molecular formula is C25H29NO. The average molecular weight is 360 g/mol. The lowest BCUT2D eigenvalue weighted by Gasteiger charge is -2.59. The molecule has 2 aromatic carbocycles. The summed E-state index contributed by atoms with van der Waals surface area (Å²) in [6.07, 6.45) is 8.28. The molecular weight excluding hydrogens is 330 g/mol. The fourth-order valence-electron chi connectivity index (χ4n) is 6.69. The van der Waals surface area contributed by atoms with Crippen LogP contribution < -0.4 is 5.32 Å². The van der Waals surface area contributed by atoms with Gasteiger partial charge < -0.3 is 5.32 Å². The lowest BCUT2D eigenvalue weighted by atomic mass is 9.48. The predicted octanol–water partition coefficient (Wildman–Crippen LogP) is 5.69. The Morgan fingerprint density at radius 3 is 2.07 bits per heavy atom. The third-order valence-corrected chi connectivity index (χ3v) is 7.61. The Balaban J connectivity index is 1.39. The molecule has 0 unspecified atom stereocenters. The first kappa shape index (κ1) is 17.0. The van der Waals surface area contributed by atoms with Gasteiger partial charge in [-0.15, -0.1) is 0 Å². The molecule has 0 heterocycles. The zero-order valence-corrected chi connectivity index (χ0v) is 16.2. The molecule has 4 saturated carbocycles.